The summed E-state index contributed by atoms with van der Waals surface area (Å²) >= 11 is 0. The van der Waals surface area contributed by atoms with Gasteiger partial charge < -0.3 is 15.5 Å². The molecule has 6 heteroatoms. The van der Waals surface area contributed by atoms with Crippen molar-refractivity contribution in [3.63, 3.8) is 0 Å². The van der Waals surface area contributed by atoms with Gasteiger partial charge in [0, 0.05) is 32.1 Å². The lowest BCUT2D eigenvalue weighted by Gasteiger charge is -2.26. The maximum atomic E-state index is 13.5. The van der Waals surface area contributed by atoms with Gasteiger partial charge in [-0.15, -0.1) is 24.0 Å². The molecule has 1 saturated carbocycles. The standard InChI is InChI=1S/C19H29FN4.HI/c1-21-18(22-10-13-24-11-3-2-4-12-24)23-15-19(8-9-19)16-6-5-7-17(20)14-16;/h5-7,14H,2-4,8-13,15H2,1H3,(H2,21,22,23);1H. The van der Waals surface area contributed by atoms with Gasteiger partial charge in [0.1, 0.15) is 5.82 Å². The first-order valence-corrected chi connectivity index (χ1v) is 9.15. The molecular formula is C19H30FIN4. The fourth-order valence-electron chi connectivity index (χ4n) is 3.53. The van der Waals surface area contributed by atoms with Crippen molar-refractivity contribution in [1.82, 2.24) is 15.5 Å². The molecular weight excluding hydrogens is 430 g/mol. The molecule has 2 fully saturated rings. The van der Waals surface area contributed by atoms with Gasteiger partial charge in [-0.1, -0.05) is 18.6 Å². The minimum absolute atomic E-state index is 0. The van der Waals surface area contributed by atoms with Gasteiger partial charge in [-0.05, 0) is 56.5 Å². The number of nitrogens with one attached hydrogen (secondary N) is 2. The highest BCUT2D eigenvalue weighted by Gasteiger charge is 2.44. The molecule has 2 N–H and O–H groups in total. The van der Waals surface area contributed by atoms with Gasteiger partial charge in [-0.25, -0.2) is 4.39 Å². The summed E-state index contributed by atoms with van der Waals surface area (Å²) in [7, 11) is 1.80. The largest absolute Gasteiger partial charge is 0.356 e. The van der Waals surface area contributed by atoms with Crippen molar-refractivity contribution in [2.24, 2.45) is 4.99 Å². The third-order valence-electron chi connectivity index (χ3n) is 5.28. The predicted octanol–water partition coefficient (Wildman–Crippen LogP) is 3.13. The quantitative estimate of drug-likeness (QED) is 0.390. The summed E-state index contributed by atoms with van der Waals surface area (Å²) < 4.78 is 13.5. The van der Waals surface area contributed by atoms with E-state index in [1.54, 1.807) is 19.2 Å². The fraction of sp³-hybridized carbons (Fsp3) is 0.632. The van der Waals surface area contributed by atoms with Crippen molar-refractivity contribution in [3.8, 4) is 0 Å². The normalized spacial score (nSPS) is 19.8. The summed E-state index contributed by atoms with van der Waals surface area (Å²) in [5.41, 5.74) is 1.17. The minimum atomic E-state index is -0.150. The predicted molar refractivity (Wildman–Crippen MR) is 112 cm³/mol. The summed E-state index contributed by atoms with van der Waals surface area (Å²) in [6.07, 6.45) is 6.23. The van der Waals surface area contributed by atoms with Crippen LogP contribution in [0.1, 0.15) is 37.7 Å². The van der Waals surface area contributed by atoms with E-state index in [9.17, 15) is 4.39 Å². The van der Waals surface area contributed by atoms with E-state index in [-0.39, 0.29) is 35.2 Å². The van der Waals surface area contributed by atoms with Gasteiger partial charge in [0.05, 0.1) is 0 Å². The van der Waals surface area contributed by atoms with Crippen molar-refractivity contribution < 1.29 is 4.39 Å². The number of rotatable bonds is 6. The van der Waals surface area contributed by atoms with E-state index in [1.807, 2.05) is 6.07 Å². The molecule has 0 spiro atoms. The maximum Gasteiger partial charge on any atom is 0.191 e. The number of aliphatic imine (C=N–C) groups is 1. The average Bonchev–Trinajstić information content (AvgIpc) is 3.40. The molecule has 0 bridgehead atoms. The van der Waals surface area contributed by atoms with E-state index in [0.29, 0.717) is 0 Å². The Balaban J connectivity index is 0.00000225. The molecule has 140 valence electrons. The molecule has 3 rings (SSSR count). The SMILES string of the molecule is CN=C(NCCN1CCCCC1)NCC1(c2cccc(F)c2)CC1.I. The molecule has 0 unspecified atom stereocenters. The fourth-order valence-corrected chi connectivity index (χ4v) is 3.53. The third kappa shape index (κ3) is 5.81. The van der Waals surface area contributed by atoms with Crippen molar-refractivity contribution in [1.29, 1.82) is 0 Å². The van der Waals surface area contributed by atoms with Crippen LogP contribution in [0.2, 0.25) is 0 Å². The minimum Gasteiger partial charge on any atom is -0.356 e. The Morgan fingerprint density at radius 1 is 1.20 bits per heavy atom. The summed E-state index contributed by atoms with van der Waals surface area (Å²) in [5.74, 6) is 0.692. The second kappa shape index (κ2) is 9.71. The molecule has 1 aromatic rings. The highest BCUT2D eigenvalue weighted by atomic mass is 127. The van der Waals surface area contributed by atoms with Crippen LogP contribution in [0.5, 0.6) is 0 Å². The Kier molecular flexibility index (Phi) is 7.93. The van der Waals surface area contributed by atoms with Gasteiger partial charge in [-0.3, -0.25) is 4.99 Å². The Hall–Kier alpha value is -0.890. The third-order valence-corrected chi connectivity index (χ3v) is 5.28. The molecule has 1 aromatic carbocycles. The second-order valence-corrected chi connectivity index (χ2v) is 7.05. The first-order valence-electron chi connectivity index (χ1n) is 9.15. The zero-order chi connectivity index (χ0) is 16.8. The van der Waals surface area contributed by atoms with Crippen LogP contribution < -0.4 is 10.6 Å². The zero-order valence-corrected chi connectivity index (χ0v) is 17.4. The lowest BCUT2D eigenvalue weighted by molar-refractivity contribution is 0.232. The number of hydrogen-bond donors (Lipinski definition) is 2. The Bertz CT molecular complexity index is 568. The van der Waals surface area contributed by atoms with Crippen molar-refractivity contribution in [2.75, 3.05) is 39.8 Å². The van der Waals surface area contributed by atoms with Crippen LogP contribution in [-0.4, -0.2) is 50.6 Å². The van der Waals surface area contributed by atoms with Crippen molar-refractivity contribution >= 4 is 29.9 Å². The maximum absolute atomic E-state index is 13.5. The molecule has 1 aliphatic carbocycles. The Labute approximate surface area is 167 Å². The molecule has 0 aromatic heterocycles. The van der Waals surface area contributed by atoms with Crippen LogP contribution >= 0.6 is 24.0 Å². The molecule has 1 aliphatic heterocycles. The van der Waals surface area contributed by atoms with E-state index in [4.69, 9.17) is 0 Å². The number of likely N-dealkylation sites (tertiary alicyclic amines) is 1. The number of piperidine rings is 1. The van der Waals surface area contributed by atoms with Crippen LogP contribution in [0.4, 0.5) is 4.39 Å². The van der Waals surface area contributed by atoms with Crippen LogP contribution in [0, 0.1) is 5.82 Å². The summed E-state index contributed by atoms with van der Waals surface area (Å²) in [6.45, 7) is 5.22. The number of nitrogens with zero attached hydrogens (tertiary/aromatic N) is 2. The van der Waals surface area contributed by atoms with Gasteiger partial charge in [-0.2, -0.15) is 0 Å². The van der Waals surface area contributed by atoms with Crippen LogP contribution in [0.3, 0.4) is 0 Å². The average molecular weight is 460 g/mol. The van der Waals surface area contributed by atoms with Crippen LogP contribution in [-0.2, 0) is 5.41 Å². The Morgan fingerprint density at radius 3 is 2.60 bits per heavy atom. The van der Waals surface area contributed by atoms with Gasteiger partial charge in [0.25, 0.3) is 0 Å². The molecule has 1 saturated heterocycles. The first-order chi connectivity index (χ1) is 11.7. The first kappa shape index (κ1) is 20.4. The lowest BCUT2D eigenvalue weighted by atomic mass is 9.96. The molecule has 25 heavy (non-hydrogen) atoms. The molecule has 4 nitrogen and oxygen atoms in total. The number of guanidine groups is 1. The highest BCUT2D eigenvalue weighted by Crippen LogP contribution is 2.47. The van der Waals surface area contributed by atoms with E-state index in [0.717, 1.165) is 44.0 Å². The lowest BCUT2D eigenvalue weighted by Crippen LogP contribution is -2.44. The van der Waals surface area contributed by atoms with Crippen LogP contribution in [0.25, 0.3) is 0 Å². The Morgan fingerprint density at radius 2 is 1.96 bits per heavy atom. The molecule has 0 amide bonds. The highest BCUT2D eigenvalue weighted by molar-refractivity contribution is 14.0. The van der Waals surface area contributed by atoms with Gasteiger partial charge in [0.2, 0.25) is 0 Å². The zero-order valence-electron chi connectivity index (χ0n) is 15.1. The summed E-state index contributed by atoms with van der Waals surface area (Å²) in [4.78, 5) is 6.83. The summed E-state index contributed by atoms with van der Waals surface area (Å²) in [6, 6.07) is 7.01. The number of hydrogen-bond acceptors (Lipinski definition) is 2. The number of benzene rings is 1. The second-order valence-electron chi connectivity index (χ2n) is 7.05. The molecule has 2 aliphatic rings. The number of halogens is 2. The van der Waals surface area contributed by atoms with E-state index >= 15 is 0 Å². The van der Waals surface area contributed by atoms with Crippen LogP contribution in [0.15, 0.2) is 29.3 Å². The van der Waals surface area contributed by atoms with E-state index in [2.05, 4.69) is 20.5 Å². The van der Waals surface area contributed by atoms with E-state index < -0.39 is 0 Å². The summed E-state index contributed by atoms with van der Waals surface area (Å²) in [5, 5.41) is 6.83. The molecule has 0 atom stereocenters. The van der Waals surface area contributed by atoms with Crippen molar-refractivity contribution in [3.05, 3.63) is 35.6 Å². The smallest absolute Gasteiger partial charge is 0.191 e. The monoisotopic (exact) mass is 460 g/mol. The van der Waals surface area contributed by atoms with Gasteiger partial charge in [0.15, 0.2) is 5.96 Å². The van der Waals surface area contributed by atoms with Crippen molar-refractivity contribution in [2.45, 2.75) is 37.5 Å². The molecule has 0 radical (unpaired) electrons. The van der Waals surface area contributed by atoms with E-state index in [1.165, 1.54) is 38.4 Å². The topological polar surface area (TPSA) is 39.7 Å². The molecule has 1 heterocycles. The van der Waals surface area contributed by atoms with Gasteiger partial charge >= 0.3 is 0 Å².